The number of rotatable bonds is 6. The van der Waals surface area contributed by atoms with E-state index < -0.39 is 0 Å². The summed E-state index contributed by atoms with van der Waals surface area (Å²) in [6.45, 7) is 0.490. The summed E-state index contributed by atoms with van der Waals surface area (Å²) in [7, 11) is 1.79. The van der Waals surface area contributed by atoms with Crippen molar-refractivity contribution in [2.24, 2.45) is 0 Å². The van der Waals surface area contributed by atoms with Crippen molar-refractivity contribution in [3.8, 4) is 11.4 Å². The van der Waals surface area contributed by atoms with Crippen LogP contribution in [-0.4, -0.2) is 34.5 Å². The number of nitrogens with zero attached hydrogens (tertiary/aromatic N) is 3. The van der Waals surface area contributed by atoms with Crippen LogP contribution in [0.5, 0.6) is 0 Å². The fraction of sp³-hybridized carbons (Fsp3) is 0.167. The number of hydrogen-bond acceptors (Lipinski definition) is 5. The molecule has 0 spiro atoms. The molecule has 0 saturated carbocycles. The number of carbonyl (C=O) groups excluding carboxylic acids is 1. The number of halogens is 2. The normalized spacial score (nSPS) is 10.9. The predicted molar refractivity (Wildman–Crippen MR) is 101 cm³/mol. The second-order valence-electron chi connectivity index (χ2n) is 5.72. The van der Waals surface area contributed by atoms with Gasteiger partial charge in [-0.15, -0.1) is 0 Å². The fourth-order valence-electron chi connectivity index (χ4n) is 2.35. The van der Waals surface area contributed by atoms with Gasteiger partial charge in [0.2, 0.25) is 17.6 Å². The predicted octanol–water partition coefficient (Wildman–Crippen LogP) is 4.11. The Kier molecular flexibility index (Phi) is 5.88. The monoisotopic (exact) mass is 390 g/mol. The summed E-state index contributed by atoms with van der Waals surface area (Å²) in [6, 6.07) is 14.3. The number of carbonyl (C=O) groups is 1. The van der Waals surface area contributed by atoms with Gasteiger partial charge in [0.15, 0.2) is 0 Å². The second-order valence-corrected chi connectivity index (χ2v) is 6.57. The molecule has 0 aliphatic carbocycles. The van der Waals surface area contributed by atoms with Gasteiger partial charge in [0.05, 0.1) is 23.8 Å². The van der Waals surface area contributed by atoms with Crippen LogP contribution in [0, 0.1) is 0 Å². The van der Waals surface area contributed by atoms with Crippen molar-refractivity contribution in [1.82, 2.24) is 15.0 Å². The van der Waals surface area contributed by atoms with Crippen LogP contribution in [0.2, 0.25) is 10.0 Å². The van der Waals surface area contributed by atoms with Gasteiger partial charge in [-0.05, 0) is 31.3 Å². The molecule has 0 aliphatic heterocycles. The Bertz CT molecular complexity index is 913. The maximum atomic E-state index is 12.1. The number of nitrogens with one attached hydrogen (secondary N) is 1. The van der Waals surface area contributed by atoms with E-state index in [1.54, 1.807) is 48.3 Å². The lowest BCUT2D eigenvalue weighted by Gasteiger charge is -2.14. The molecule has 0 bridgehead atoms. The van der Waals surface area contributed by atoms with Crippen LogP contribution in [-0.2, 0) is 11.3 Å². The van der Waals surface area contributed by atoms with Crippen LogP contribution in [0.1, 0.15) is 5.89 Å². The van der Waals surface area contributed by atoms with E-state index in [9.17, 15) is 4.79 Å². The first-order valence-corrected chi connectivity index (χ1v) is 8.58. The molecule has 1 N–H and O–H groups in total. The molecule has 0 unspecified atom stereocenters. The number of aromatic nitrogens is 2. The van der Waals surface area contributed by atoms with Gasteiger partial charge in [0.25, 0.3) is 0 Å². The molecule has 0 atom stereocenters. The Morgan fingerprint density at radius 1 is 1.19 bits per heavy atom. The Morgan fingerprint density at radius 2 is 2.00 bits per heavy atom. The van der Waals surface area contributed by atoms with Gasteiger partial charge in [-0.1, -0.05) is 52.6 Å². The summed E-state index contributed by atoms with van der Waals surface area (Å²) < 4.78 is 5.25. The van der Waals surface area contributed by atoms with E-state index in [1.807, 2.05) is 12.1 Å². The molecule has 26 heavy (non-hydrogen) atoms. The van der Waals surface area contributed by atoms with Crippen molar-refractivity contribution in [2.75, 3.05) is 18.9 Å². The molecule has 0 aliphatic rings. The van der Waals surface area contributed by atoms with E-state index in [0.717, 1.165) is 5.56 Å². The van der Waals surface area contributed by atoms with Gasteiger partial charge < -0.3 is 9.84 Å². The van der Waals surface area contributed by atoms with Gasteiger partial charge in [-0.3, -0.25) is 9.69 Å². The summed E-state index contributed by atoms with van der Waals surface area (Å²) in [5.41, 5.74) is 1.35. The van der Waals surface area contributed by atoms with E-state index in [-0.39, 0.29) is 12.5 Å². The molecule has 3 rings (SSSR count). The summed E-state index contributed by atoms with van der Waals surface area (Å²) in [5.74, 6) is 0.680. The van der Waals surface area contributed by atoms with Crippen molar-refractivity contribution in [3.05, 3.63) is 64.5 Å². The minimum atomic E-state index is -0.185. The van der Waals surface area contributed by atoms with Crippen LogP contribution in [0.25, 0.3) is 11.4 Å². The number of likely N-dealkylation sites (N-methyl/N-ethyl adjacent to an activating group) is 1. The lowest BCUT2D eigenvalue weighted by Crippen LogP contribution is -2.30. The lowest BCUT2D eigenvalue weighted by atomic mass is 10.2. The number of anilines is 1. The van der Waals surface area contributed by atoms with Crippen LogP contribution in [0.3, 0.4) is 0 Å². The van der Waals surface area contributed by atoms with Crippen molar-refractivity contribution >= 4 is 34.8 Å². The molecule has 0 fully saturated rings. The largest absolute Gasteiger partial charge is 0.338 e. The number of amides is 1. The topological polar surface area (TPSA) is 71.3 Å². The highest BCUT2D eigenvalue weighted by Gasteiger charge is 2.14. The van der Waals surface area contributed by atoms with Crippen molar-refractivity contribution < 1.29 is 9.32 Å². The Morgan fingerprint density at radius 3 is 2.77 bits per heavy atom. The molecule has 0 radical (unpaired) electrons. The summed E-state index contributed by atoms with van der Waals surface area (Å²) in [4.78, 5) is 18.2. The molecule has 0 saturated heterocycles. The van der Waals surface area contributed by atoms with Gasteiger partial charge in [-0.25, -0.2) is 0 Å². The summed E-state index contributed by atoms with van der Waals surface area (Å²) >= 11 is 12.0. The van der Waals surface area contributed by atoms with E-state index in [0.29, 0.717) is 34.0 Å². The van der Waals surface area contributed by atoms with Crippen LogP contribution >= 0.6 is 23.2 Å². The third-order valence-electron chi connectivity index (χ3n) is 3.52. The smallest absolute Gasteiger partial charge is 0.241 e. The molecule has 6 nitrogen and oxygen atoms in total. The van der Waals surface area contributed by atoms with E-state index in [1.165, 1.54) is 0 Å². The van der Waals surface area contributed by atoms with Crippen molar-refractivity contribution in [1.29, 1.82) is 0 Å². The quantitative estimate of drug-likeness (QED) is 0.685. The molecule has 2 aromatic carbocycles. The third-order valence-corrected chi connectivity index (χ3v) is 4.08. The van der Waals surface area contributed by atoms with Crippen LogP contribution in [0.4, 0.5) is 5.69 Å². The SMILES string of the molecule is CN(CC(=O)Nc1ccccc1Cl)Cc1nc(-c2cccc(Cl)c2)no1. The highest BCUT2D eigenvalue weighted by Crippen LogP contribution is 2.21. The van der Waals surface area contributed by atoms with Gasteiger partial charge in [0, 0.05) is 10.6 Å². The third kappa shape index (κ3) is 4.82. The van der Waals surface area contributed by atoms with Crippen molar-refractivity contribution in [2.45, 2.75) is 6.54 Å². The highest BCUT2D eigenvalue weighted by molar-refractivity contribution is 6.33. The van der Waals surface area contributed by atoms with Gasteiger partial charge >= 0.3 is 0 Å². The first kappa shape index (κ1) is 18.4. The zero-order valence-electron chi connectivity index (χ0n) is 13.9. The zero-order valence-corrected chi connectivity index (χ0v) is 15.5. The zero-order chi connectivity index (χ0) is 18.5. The average Bonchev–Trinajstić information content (AvgIpc) is 3.05. The number of hydrogen-bond donors (Lipinski definition) is 1. The minimum absolute atomic E-state index is 0.153. The van der Waals surface area contributed by atoms with Crippen molar-refractivity contribution in [3.63, 3.8) is 0 Å². The summed E-state index contributed by atoms with van der Waals surface area (Å²) in [5, 5.41) is 7.81. The van der Waals surface area contributed by atoms with Crippen LogP contribution in [0.15, 0.2) is 53.1 Å². The minimum Gasteiger partial charge on any atom is -0.338 e. The van der Waals surface area contributed by atoms with E-state index >= 15 is 0 Å². The molecule has 134 valence electrons. The molecular weight excluding hydrogens is 375 g/mol. The molecular formula is C18H16Cl2N4O2. The molecule has 3 aromatic rings. The fourth-order valence-corrected chi connectivity index (χ4v) is 2.72. The van der Waals surface area contributed by atoms with Gasteiger partial charge in [0.1, 0.15) is 0 Å². The number of benzene rings is 2. The van der Waals surface area contributed by atoms with E-state index in [2.05, 4.69) is 15.5 Å². The Hall–Kier alpha value is -2.41. The molecule has 1 heterocycles. The summed E-state index contributed by atoms with van der Waals surface area (Å²) in [6.07, 6.45) is 0. The van der Waals surface area contributed by atoms with Crippen LogP contribution < -0.4 is 5.32 Å². The Labute approximate surface area is 160 Å². The standard InChI is InChI=1S/C18H16Cl2N4O2/c1-24(10-16(25)21-15-8-3-2-7-14(15)20)11-17-22-18(23-26-17)12-5-4-6-13(19)9-12/h2-9H,10-11H2,1H3,(H,21,25). The van der Waals surface area contributed by atoms with E-state index in [4.69, 9.17) is 27.7 Å². The molecule has 8 heteroatoms. The lowest BCUT2D eigenvalue weighted by molar-refractivity contribution is -0.117. The van der Waals surface area contributed by atoms with Gasteiger partial charge in [-0.2, -0.15) is 4.98 Å². The number of para-hydroxylation sites is 1. The maximum absolute atomic E-state index is 12.1. The molecule has 1 aromatic heterocycles. The molecule has 1 amide bonds. The first-order valence-electron chi connectivity index (χ1n) is 7.83. The highest BCUT2D eigenvalue weighted by atomic mass is 35.5. The average molecular weight is 391 g/mol. The first-order chi connectivity index (χ1) is 12.5. The maximum Gasteiger partial charge on any atom is 0.241 e. The second kappa shape index (κ2) is 8.31. The Balaban J connectivity index is 1.57.